The maximum atomic E-state index is 12.2. The molecule has 2 unspecified atom stereocenters. The van der Waals surface area contributed by atoms with Crippen molar-refractivity contribution < 1.29 is 14.3 Å². The van der Waals surface area contributed by atoms with E-state index in [2.05, 4.69) is 0 Å². The lowest BCUT2D eigenvalue weighted by Crippen LogP contribution is -2.57. The molecular weight excluding hydrogens is 242 g/mol. The van der Waals surface area contributed by atoms with Crippen LogP contribution in [0.4, 0.5) is 0 Å². The van der Waals surface area contributed by atoms with Crippen LogP contribution in [-0.4, -0.2) is 36.0 Å². The van der Waals surface area contributed by atoms with Gasteiger partial charge in [-0.3, -0.25) is 4.79 Å². The number of hydrogen-bond acceptors (Lipinski definition) is 3. The summed E-state index contributed by atoms with van der Waals surface area (Å²) < 4.78 is 5.32. The molecule has 1 aromatic carbocycles. The standard InChI is InChI=1S/C15H19NO3/c1-10(2)13-15(18)19-12(14(17)16(13)3)9-11-7-5-4-6-8-11/h4-8,10,12-13H,9H2,1-3H3. The summed E-state index contributed by atoms with van der Waals surface area (Å²) in [5, 5.41) is 0. The van der Waals surface area contributed by atoms with Crippen LogP contribution in [0.15, 0.2) is 30.3 Å². The summed E-state index contributed by atoms with van der Waals surface area (Å²) in [6.45, 7) is 3.82. The van der Waals surface area contributed by atoms with E-state index < -0.39 is 12.1 Å². The molecule has 102 valence electrons. The molecule has 0 N–H and O–H groups in total. The highest BCUT2D eigenvalue weighted by Crippen LogP contribution is 2.21. The van der Waals surface area contributed by atoms with Crippen LogP contribution in [0.1, 0.15) is 19.4 Å². The number of carbonyl (C=O) groups is 2. The van der Waals surface area contributed by atoms with Crippen LogP contribution in [0, 0.1) is 5.92 Å². The first-order valence-electron chi connectivity index (χ1n) is 6.51. The van der Waals surface area contributed by atoms with Gasteiger partial charge in [0.2, 0.25) is 0 Å². The van der Waals surface area contributed by atoms with Crippen LogP contribution in [-0.2, 0) is 20.7 Å². The molecule has 2 atom stereocenters. The molecule has 0 spiro atoms. The summed E-state index contributed by atoms with van der Waals surface area (Å²) in [6, 6.07) is 9.11. The number of nitrogens with zero attached hydrogens (tertiary/aromatic N) is 1. The molecule has 19 heavy (non-hydrogen) atoms. The second-order valence-corrected chi connectivity index (χ2v) is 5.25. The summed E-state index contributed by atoms with van der Waals surface area (Å²) in [4.78, 5) is 25.7. The van der Waals surface area contributed by atoms with Gasteiger partial charge in [-0.1, -0.05) is 44.2 Å². The number of amides is 1. The lowest BCUT2D eigenvalue weighted by Gasteiger charge is -2.37. The molecule has 1 aromatic rings. The first kappa shape index (κ1) is 13.6. The zero-order chi connectivity index (χ0) is 14.0. The molecule has 0 saturated carbocycles. The van der Waals surface area contributed by atoms with Crippen LogP contribution in [0.2, 0.25) is 0 Å². The van der Waals surface area contributed by atoms with Crippen molar-refractivity contribution in [3.63, 3.8) is 0 Å². The van der Waals surface area contributed by atoms with Gasteiger partial charge in [-0.05, 0) is 11.5 Å². The Morgan fingerprint density at radius 3 is 2.42 bits per heavy atom. The molecule has 1 saturated heterocycles. The number of benzene rings is 1. The van der Waals surface area contributed by atoms with E-state index >= 15 is 0 Å². The average Bonchev–Trinajstić information content (AvgIpc) is 2.36. The van der Waals surface area contributed by atoms with Gasteiger partial charge in [-0.25, -0.2) is 4.79 Å². The molecule has 4 nitrogen and oxygen atoms in total. The normalized spacial score (nSPS) is 23.7. The fourth-order valence-electron chi connectivity index (χ4n) is 2.46. The van der Waals surface area contributed by atoms with Crippen molar-refractivity contribution in [3.05, 3.63) is 35.9 Å². The SMILES string of the molecule is CC(C)C1C(=O)OC(Cc2ccccc2)C(=O)N1C. The maximum Gasteiger partial charge on any atom is 0.329 e. The van der Waals surface area contributed by atoms with E-state index in [0.29, 0.717) is 6.42 Å². The van der Waals surface area contributed by atoms with Crippen LogP contribution in [0.25, 0.3) is 0 Å². The average molecular weight is 261 g/mol. The fourth-order valence-corrected chi connectivity index (χ4v) is 2.46. The minimum absolute atomic E-state index is 0.0547. The van der Waals surface area contributed by atoms with Gasteiger partial charge in [-0.2, -0.15) is 0 Å². The van der Waals surface area contributed by atoms with E-state index in [0.717, 1.165) is 5.56 Å². The molecule has 0 aromatic heterocycles. The van der Waals surface area contributed by atoms with E-state index in [9.17, 15) is 9.59 Å². The third-order valence-electron chi connectivity index (χ3n) is 3.44. The molecule has 1 heterocycles. The molecule has 1 aliphatic rings. The van der Waals surface area contributed by atoms with Gasteiger partial charge in [-0.15, -0.1) is 0 Å². The molecular formula is C15H19NO3. The lowest BCUT2D eigenvalue weighted by molar-refractivity contribution is -0.178. The first-order chi connectivity index (χ1) is 9.00. The number of ether oxygens (including phenoxy) is 1. The number of esters is 1. The van der Waals surface area contributed by atoms with Gasteiger partial charge in [0, 0.05) is 13.5 Å². The summed E-state index contributed by atoms with van der Waals surface area (Å²) in [5.41, 5.74) is 0.991. The van der Waals surface area contributed by atoms with Crippen molar-refractivity contribution in [2.24, 2.45) is 5.92 Å². The Balaban J connectivity index is 2.13. The van der Waals surface area contributed by atoms with Gasteiger partial charge in [0.1, 0.15) is 6.04 Å². The Labute approximate surface area is 113 Å². The Hall–Kier alpha value is -1.84. The van der Waals surface area contributed by atoms with Gasteiger partial charge in [0.25, 0.3) is 5.91 Å². The number of rotatable bonds is 3. The largest absolute Gasteiger partial charge is 0.450 e. The van der Waals surface area contributed by atoms with Crippen LogP contribution < -0.4 is 0 Å². The Morgan fingerprint density at radius 1 is 1.21 bits per heavy atom. The number of cyclic esters (lactones) is 1. The smallest absolute Gasteiger partial charge is 0.329 e. The van der Waals surface area contributed by atoms with Gasteiger partial charge in [0.05, 0.1) is 0 Å². The number of morpholine rings is 1. The molecule has 0 radical (unpaired) electrons. The maximum absolute atomic E-state index is 12.2. The van der Waals surface area contributed by atoms with Crippen molar-refractivity contribution >= 4 is 11.9 Å². The summed E-state index contributed by atoms with van der Waals surface area (Å²) in [7, 11) is 1.67. The zero-order valence-electron chi connectivity index (χ0n) is 11.5. The van der Waals surface area contributed by atoms with E-state index in [1.807, 2.05) is 44.2 Å². The predicted molar refractivity (Wildman–Crippen MR) is 71.4 cm³/mol. The molecule has 1 fully saturated rings. The second kappa shape index (κ2) is 5.43. The number of hydrogen-bond donors (Lipinski definition) is 0. The molecule has 2 rings (SSSR count). The van der Waals surface area contributed by atoms with Gasteiger partial charge in [0.15, 0.2) is 6.10 Å². The van der Waals surface area contributed by atoms with Crippen molar-refractivity contribution in [3.8, 4) is 0 Å². The van der Waals surface area contributed by atoms with Crippen molar-refractivity contribution in [1.29, 1.82) is 0 Å². The third-order valence-corrected chi connectivity index (χ3v) is 3.44. The Kier molecular flexibility index (Phi) is 3.88. The summed E-state index contributed by atoms with van der Waals surface area (Å²) in [6.07, 6.45) is -0.268. The van der Waals surface area contributed by atoms with Crippen LogP contribution in [0.5, 0.6) is 0 Å². The van der Waals surface area contributed by atoms with Crippen LogP contribution in [0.3, 0.4) is 0 Å². The highest BCUT2D eigenvalue weighted by molar-refractivity contribution is 5.92. The highest BCUT2D eigenvalue weighted by atomic mass is 16.6. The minimum Gasteiger partial charge on any atom is -0.450 e. The molecule has 1 amide bonds. The molecule has 0 bridgehead atoms. The number of likely N-dealkylation sites (N-methyl/N-ethyl adjacent to an activating group) is 1. The lowest BCUT2D eigenvalue weighted by atomic mass is 9.98. The fraction of sp³-hybridized carbons (Fsp3) is 0.467. The van der Waals surface area contributed by atoms with Gasteiger partial charge < -0.3 is 9.64 Å². The van der Waals surface area contributed by atoms with Crippen molar-refractivity contribution in [1.82, 2.24) is 4.90 Å². The van der Waals surface area contributed by atoms with E-state index in [4.69, 9.17) is 4.74 Å². The topological polar surface area (TPSA) is 46.6 Å². The third kappa shape index (κ3) is 2.78. The van der Waals surface area contributed by atoms with Crippen molar-refractivity contribution in [2.45, 2.75) is 32.4 Å². The first-order valence-corrected chi connectivity index (χ1v) is 6.51. The molecule has 4 heteroatoms. The van der Waals surface area contributed by atoms with Crippen molar-refractivity contribution in [2.75, 3.05) is 7.05 Å². The van der Waals surface area contributed by atoms with E-state index in [1.54, 1.807) is 7.05 Å². The molecule has 0 aliphatic carbocycles. The van der Waals surface area contributed by atoms with Crippen LogP contribution >= 0.6 is 0 Å². The molecule has 1 aliphatic heterocycles. The zero-order valence-corrected chi connectivity index (χ0v) is 11.5. The predicted octanol–water partition coefficient (Wildman–Crippen LogP) is 1.64. The summed E-state index contributed by atoms with van der Waals surface area (Å²) in [5.74, 6) is -0.376. The highest BCUT2D eigenvalue weighted by Gasteiger charge is 2.41. The number of carbonyl (C=O) groups excluding carboxylic acids is 2. The monoisotopic (exact) mass is 261 g/mol. The van der Waals surface area contributed by atoms with E-state index in [1.165, 1.54) is 4.90 Å². The second-order valence-electron chi connectivity index (χ2n) is 5.25. The van der Waals surface area contributed by atoms with E-state index in [-0.39, 0.29) is 17.8 Å². The van der Waals surface area contributed by atoms with Gasteiger partial charge >= 0.3 is 5.97 Å². The minimum atomic E-state index is -0.699. The Bertz CT molecular complexity index is 470. The quantitative estimate of drug-likeness (QED) is 0.777. The summed E-state index contributed by atoms with van der Waals surface area (Å²) >= 11 is 0. The Morgan fingerprint density at radius 2 is 1.84 bits per heavy atom.